The highest BCUT2D eigenvalue weighted by molar-refractivity contribution is 5.43. The summed E-state index contributed by atoms with van der Waals surface area (Å²) < 4.78 is 10.8. The Morgan fingerprint density at radius 1 is 1.20 bits per heavy atom. The molecule has 0 amide bonds. The van der Waals surface area contributed by atoms with Gasteiger partial charge in [-0.05, 0) is 24.7 Å². The molecule has 1 heterocycles. The van der Waals surface area contributed by atoms with Crippen LogP contribution in [-0.4, -0.2) is 56.7 Å². The van der Waals surface area contributed by atoms with E-state index in [-0.39, 0.29) is 6.61 Å². The van der Waals surface area contributed by atoms with Gasteiger partial charge >= 0.3 is 0 Å². The summed E-state index contributed by atoms with van der Waals surface area (Å²) in [4.78, 5) is 4.80. The highest BCUT2D eigenvalue weighted by atomic mass is 16.5. The number of terminal acetylenes is 1. The average molecular weight is 274 g/mol. The zero-order valence-corrected chi connectivity index (χ0v) is 12.3. The molecule has 0 N–H and O–H groups in total. The van der Waals surface area contributed by atoms with Crippen LogP contribution in [-0.2, 0) is 6.54 Å². The first kappa shape index (κ1) is 14.7. The number of likely N-dealkylation sites (N-methyl/N-ethyl adjacent to an activating group) is 1. The molecule has 4 nitrogen and oxygen atoms in total. The van der Waals surface area contributed by atoms with E-state index in [1.54, 1.807) is 7.11 Å². The summed E-state index contributed by atoms with van der Waals surface area (Å²) in [7, 11) is 3.80. The van der Waals surface area contributed by atoms with E-state index in [9.17, 15) is 0 Å². The van der Waals surface area contributed by atoms with Crippen LogP contribution in [0.4, 0.5) is 0 Å². The SMILES string of the molecule is C#CCOc1cc(CN2CCN(C)CC2)ccc1OC. The van der Waals surface area contributed by atoms with Gasteiger partial charge in [0, 0.05) is 32.7 Å². The fourth-order valence-electron chi connectivity index (χ4n) is 2.32. The summed E-state index contributed by atoms with van der Waals surface area (Å²) in [6, 6.07) is 6.05. The number of piperazine rings is 1. The van der Waals surface area contributed by atoms with Gasteiger partial charge in [0.15, 0.2) is 11.5 Å². The fraction of sp³-hybridized carbons (Fsp3) is 0.500. The Balaban J connectivity index is 2.02. The standard InChI is InChI=1S/C16H22N2O2/c1-4-11-20-16-12-14(5-6-15(16)19-3)13-18-9-7-17(2)8-10-18/h1,5-6,12H,7-11,13H2,2-3H3. The Morgan fingerprint density at radius 3 is 2.60 bits per heavy atom. The Hall–Kier alpha value is -1.70. The molecular formula is C16H22N2O2. The molecule has 108 valence electrons. The molecule has 1 aliphatic rings. The van der Waals surface area contributed by atoms with E-state index >= 15 is 0 Å². The van der Waals surface area contributed by atoms with Crippen molar-refractivity contribution in [1.29, 1.82) is 0 Å². The highest BCUT2D eigenvalue weighted by Crippen LogP contribution is 2.28. The van der Waals surface area contributed by atoms with Gasteiger partial charge in [-0.15, -0.1) is 6.42 Å². The number of methoxy groups -OCH3 is 1. The Kier molecular flexibility index (Phi) is 5.28. The van der Waals surface area contributed by atoms with Gasteiger partial charge in [-0.25, -0.2) is 0 Å². The molecule has 0 spiro atoms. The Morgan fingerprint density at radius 2 is 1.95 bits per heavy atom. The lowest BCUT2D eigenvalue weighted by molar-refractivity contribution is 0.148. The number of hydrogen-bond donors (Lipinski definition) is 0. The molecule has 0 saturated carbocycles. The van der Waals surface area contributed by atoms with Gasteiger partial charge in [0.25, 0.3) is 0 Å². The molecule has 0 aliphatic carbocycles. The van der Waals surface area contributed by atoms with Crippen molar-refractivity contribution in [3.8, 4) is 23.8 Å². The average Bonchev–Trinajstić information content (AvgIpc) is 2.47. The first-order valence-electron chi connectivity index (χ1n) is 6.87. The van der Waals surface area contributed by atoms with Crippen LogP contribution < -0.4 is 9.47 Å². The van der Waals surface area contributed by atoms with Gasteiger partial charge in [-0.2, -0.15) is 0 Å². The number of benzene rings is 1. The van der Waals surface area contributed by atoms with Crippen LogP contribution in [0.1, 0.15) is 5.56 Å². The normalized spacial score (nSPS) is 16.6. The minimum atomic E-state index is 0.258. The second-order valence-electron chi connectivity index (χ2n) is 5.06. The van der Waals surface area contributed by atoms with Gasteiger partial charge in [-0.1, -0.05) is 12.0 Å². The van der Waals surface area contributed by atoms with Crippen molar-refractivity contribution >= 4 is 0 Å². The predicted molar refractivity (Wildman–Crippen MR) is 80.1 cm³/mol. The molecule has 0 unspecified atom stereocenters. The van der Waals surface area contributed by atoms with Gasteiger partial charge < -0.3 is 14.4 Å². The third kappa shape index (κ3) is 3.89. The zero-order valence-electron chi connectivity index (χ0n) is 12.3. The lowest BCUT2D eigenvalue weighted by Gasteiger charge is -2.32. The molecule has 1 saturated heterocycles. The van der Waals surface area contributed by atoms with E-state index in [1.807, 2.05) is 12.1 Å². The molecule has 1 fully saturated rings. The van der Waals surface area contributed by atoms with E-state index in [0.29, 0.717) is 0 Å². The lowest BCUT2D eigenvalue weighted by atomic mass is 10.1. The molecule has 1 aromatic carbocycles. The summed E-state index contributed by atoms with van der Waals surface area (Å²) in [5.41, 5.74) is 1.22. The van der Waals surface area contributed by atoms with E-state index in [1.165, 1.54) is 5.56 Å². The quantitative estimate of drug-likeness (QED) is 0.759. The molecular weight excluding hydrogens is 252 g/mol. The summed E-state index contributed by atoms with van der Waals surface area (Å²) in [5, 5.41) is 0. The van der Waals surface area contributed by atoms with Gasteiger partial charge in [0.1, 0.15) is 6.61 Å². The van der Waals surface area contributed by atoms with Gasteiger partial charge in [0.2, 0.25) is 0 Å². The molecule has 0 atom stereocenters. The topological polar surface area (TPSA) is 24.9 Å². The summed E-state index contributed by atoms with van der Waals surface area (Å²) in [6.07, 6.45) is 5.24. The third-order valence-corrected chi connectivity index (χ3v) is 3.54. The molecule has 0 aromatic heterocycles. The van der Waals surface area contributed by atoms with E-state index < -0.39 is 0 Å². The molecule has 0 bridgehead atoms. The second kappa shape index (κ2) is 7.18. The van der Waals surface area contributed by atoms with Crippen LogP contribution in [0.3, 0.4) is 0 Å². The van der Waals surface area contributed by atoms with Crippen molar-refractivity contribution in [2.24, 2.45) is 0 Å². The summed E-state index contributed by atoms with van der Waals surface area (Å²) in [5.74, 6) is 3.92. The Labute approximate surface area is 121 Å². The summed E-state index contributed by atoms with van der Waals surface area (Å²) >= 11 is 0. The molecule has 1 aliphatic heterocycles. The lowest BCUT2D eigenvalue weighted by Crippen LogP contribution is -2.43. The van der Waals surface area contributed by atoms with Crippen LogP contribution in [0.25, 0.3) is 0 Å². The minimum absolute atomic E-state index is 0.258. The van der Waals surface area contributed by atoms with Crippen molar-refractivity contribution in [3.63, 3.8) is 0 Å². The van der Waals surface area contributed by atoms with E-state index in [4.69, 9.17) is 15.9 Å². The largest absolute Gasteiger partial charge is 0.493 e. The molecule has 0 radical (unpaired) electrons. The predicted octanol–water partition coefficient (Wildman–Crippen LogP) is 1.45. The van der Waals surface area contributed by atoms with Crippen LogP contribution in [0.2, 0.25) is 0 Å². The maximum absolute atomic E-state index is 5.54. The van der Waals surface area contributed by atoms with Crippen LogP contribution >= 0.6 is 0 Å². The molecule has 2 rings (SSSR count). The molecule has 20 heavy (non-hydrogen) atoms. The zero-order chi connectivity index (χ0) is 14.4. The Bertz CT molecular complexity index is 474. The van der Waals surface area contributed by atoms with Gasteiger partial charge in [0.05, 0.1) is 7.11 Å². The van der Waals surface area contributed by atoms with Crippen molar-refractivity contribution < 1.29 is 9.47 Å². The van der Waals surface area contributed by atoms with Gasteiger partial charge in [-0.3, -0.25) is 4.90 Å². The molecule has 1 aromatic rings. The number of hydrogen-bond acceptors (Lipinski definition) is 4. The monoisotopic (exact) mass is 274 g/mol. The van der Waals surface area contributed by atoms with Crippen LogP contribution in [0, 0.1) is 12.3 Å². The number of nitrogens with zero attached hydrogens (tertiary/aromatic N) is 2. The maximum Gasteiger partial charge on any atom is 0.162 e. The van der Waals surface area contributed by atoms with Crippen molar-refractivity contribution in [2.75, 3.05) is 46.9 Å². The first-order chi connectivity index (χ1) is 9.72. The third-order valence-electron chi connectivity index (χ3n) is 3.54. The highest BCUT2D eigenvalue weighted by Gasteiger charge is 2.14. The smallest absolute Gasteiger partial charge is 0.162 e. The minimum Gasteiger partial charge on any atom is -0.493 e. The second-order valence-corrected chi connectivity index (χ2v) is 5.06. The van der Waals surface area contributed by atoms with E-state index in [2.05, 4.69) is 28.8 Å². The molecule has 4 heteroatoms. The van der Waals surface area contributed by atoms with Crippen molar-refractivity contribution in [3.05, 3.63) is 23.8 Å². The van der Waals surface area contributed by atoms with Crippen LogP contribution in [0.15, 0.2) is 18.2 Å². The van der Waals surface area contributed by atoms with Crippen molar-refractivity contribution in [2.45, 2.75) is 6.54 Å². The number of rotatable bonds is 5. The number of ether oxygens (including phenoxy) is 2. The first-order valence-corrected chi connectivity index (χ1v) is 6.87. The van der Waals surface area contributed by atoms with Crippen molar-refractivity contribution in [1.82, 2.24) is 9.80 Å². The maximum atomic E-state index is 5.54. The van der Waals surface area contributed by atoms with Crippen LogP contribution in [0.5, 0.6) is 11.5 Å². The summed E-state index contributed by atoms with van der Waals surface area (Å²) in [6.45, 7) is 5.64. The fourth-order valence-corrected chi connectivity index (χ4v) is 2.32. The van der Waals surface area contributed by atoms with E-state index in [0.717, 1.165) is 44.2 Å².